The number of nitrogens with one attached hydrogen (secondary N) is 3. The Morgan fingerprint density at radius 1 is 0.946 bits per heavy atom. The number of pyridine rings is 1. The number of aromatic nitrogens is 3. The SMILES string of the molecule is CC(C)(O)c1cccc(Nc2nc(Nc3ccc4c(c3)CNCC4)ncc2-c2cc3ccccc3s2)n1. The molecular weight excluding hydrogens is 480 g/mol. The molecule has 3 aromatic heterocycles. The van der Waals surface area contributed by atoms with E-state index >= 15 is 0 Å². The Morgan fingerprint density at radius 2 is 1.84 bits per heavy atom. The summed E-state index contributed by atoms with van der Waals surface area (Å²) >= 11 is 1.70. The van der Waals surface area contributed by atoms with Gasteiger partial charge in [0.1, 0.15) is 17.2 Å². The molecule has 37 heavy (non-hydrogen) atoms. The number of anilines is 4. The minimum absolute atomic E-state index is 0.495. The van der Waals surface area contributed by atoms with E-state index in [9.17, 15) is 5.11 Å². The number of fused-ring (bicyclic) bond motifs is 2. The molecule has 6 rings (SSSR count). The Balaban J connectivity index is 1.38. The molecule has 0 spiro atoms. The average Bonchev–Trinajstić information content (AvgIpc) is 3.33. The topological polar surface area (TPSA) is 95.0 Å². The van der Waals surface area contributed by atoms with Gasteiger partial charge in [0.25, 0.3) is 0 Å². The zero-order valence-electron chi connectivity index (χ0n) is 20.7. The maximum Gasteiger partial charge on any atom is 0.229 e. The lowest BCUT2D eigenvalue weighted by Gasteiger charge is -2.19. The van der Waals surface area contributed by atoms with Crippen molar-refractivity contribution in [2.24, 2.45) is 0 Å². The molecule has 4 heterocycles. The largest absolute Gasteiger partial charge is 0.384 e. The summed E-state index contributed by atoms with van der Waals surface area (Å²) in [4.78, 5) is 15.2. The van der Waals surface area contributed by atoms with Crippen LogP contribution in [0.2, 0.25) is 0 Å². The summed E-state index contributed by atoms with van der Waals surface area (Å²) in [6.07, 6.45) is 2.89. The summed E-state index contributed by atoms with van der Waals surface area (Å²) in [5.74, 6) is 1.74. The van der Waals surface area contributed by atoms with Crippen molar-refractivity contribution < 1.29 is 5.11 Å². The molecule has 1 aliphatic rings. The quantitative estimate of drug-likeness (QED) is 0.220. The van der Waals surface area contributed by atoms with E-state index in [2.05, 4.69) is 62.3 Å². The first-order chi connectivity index (χ1) is 17.9. The van der Waals surface area contributed by atoms with Gasteiger partial charge in [-0.25, -0.2) is 9.97 Å². The highest BCUT2D eigenvalue weighted by Crippen LogP contribution is 2.37. The van der Waals surface area contributed by atoms with Gasteiger partial charge in [0.15, 0.2) is 0 Å². The summed E-state index contributed by atoms with van der Waals surface area (Å²) in [5.41, 5.74) is 4.04. The van der Waals surface area contributed by atoms with Crippen molar-refractivity contribution in [3.63, 3.8) is 0 Å². The molecule has 1 aliphatic heterocycles. The fourth-order valence-corrected chi connectivity index (χ4v) is 5.56. The van der Waals surface area contributed by atoms with Gasteiger partial charge in [0.05, 0.1) is 11.3 Å². The molecule has 8 heteroatoms. The average molecular weight is 509 g/mol. The number of hydrogen-bond acceptors (Lipinski definition) is 8. The van der Waals surface area contributed by atoms with Crippen molar-refractivity contribution in [1.82, 2.24) is 20.3 Å². The van der Waals surface area contributed by atoms with Crippen LogP contribution in [0.4, 0.5) is 23.3 Å². The molecule has 0 unspecified atom stereocenters. The number of benzene rings is 2. The standard InChI is InChI=1S/C29H28N6OS/c1-29(2,36)25-8-5-9-26(33-25)34-27-22(24-15-19-6-3-4-7-23(19)37-24)17-31-28(35-27)32-21-11-10-18-12-13-30-16-20(18)14-21/h3-11,14-15,17,30,36H,12-13,16H2,1-2H3,(H2,31,32,33,34,35). The van der Waals surface area contributed by atoms with Crippen LogP contribution in [-0.2, 0) is 18.6 Å². The van der Waals surface area contributed by atoms with Crippen molar-refractivity contribution >= 4 is 44.7 Å². The lowest BCUT2D eigenvalue weighted by Crippen LogP contribution is -2.23. The molecule has 186 valence electrons. The van der Waals surface area contributed by atoms with Crippen LogP contribution in [-0.4, -0.2) is 26.6 Å². The fourth-order valence-electron chi connectivity index (χ4n) is 4.49. The zero-order chi connectivity index (χ0) is 25.4. The normalized spacial score (nSPS) is 13.4. The maximum atomic E-state index is 10.5. The monoisotopic (exact) mass is 508 g/mol. The number of thiophene rings is 1. The Morgan fingerprint density at radius 3 is 2.70 bits per heavy atom. The van der Waals surface area contributed by atoms with E-state index in [4.69, 9.17) is 4.98 Å². The van der Waals surface area contributed by atoms with Gasteiger partial charge in [-0.3, -0.25) is 0 Å². The Hall–Kier alpha value is -3.85. The van der Waals surface area contributed by atoms with E-state index in [0.717, 1.165) is 35.6 Å². The summed E-state index contributed by atoms with van der Waals surface area (Å²) in [7, 11) is 0. The first-order valence-corrected chi connectivity index (χ1v) is 13.2. The summed E-state index contributed by atoms with van der Waals surface area (Å²) in [6, 6.07) is 22.5. The number of rotatable bonds is 6. The lowest BCUT2D eigenvalue weighted by molar-refractivity contribution is 0.0740. The van der Waals surface area contributed by atoms with E-state index in [1.54, 1.807) is 25.2 Å². The van der Waals surface area contributed by atoms with Crippen molar-refractivity contribution in [3.8, 4) is 10.4 Å². The van der Waals surface area contributed by atoms with E-state index in [0.29, 0.717) is 23.3 Å². The van der Waals surface area contributed by atoms with Crippen molar-refractivity contribution in [2.75, 3.05) is 17.2 Å². The number of nitrogens with zero attached hydrogens (tertiary/aromatic N) is 3. The Kier molecular flexibility index (Phi) is 6.08. The zero-order valence-corrected chi connectivity index (χ0v) is 21.6. The molecule has 0 bridgehead atoms. The molecule has 0 radical (unpaired) electrons. The minimum Gasteiger partial charge on any atom is -0.384 e. The first-order valence-electron chi connectivity index (χ1n) is 12.3. The van der Waals surface area contributed by atoms with Gasteiger partial charge in [-0.2, -0.15) is 4.98 Å². The molecule has 0 fully saturated rings. The van der Waals surface area contributed by atoms with E-state index in [-0.39, 0.29) is 0 Å². The van der Waals surface area contributed by atoms with Crippen LogP contribution in [0.5, 0.6) is 0 Å². The molecule has 2 aromatic carbocycles. The number of aliphatic hydroxyl groups is 1. The second kappa shape index (κ2) is 9.55. The maximum absolute atomic E-state index is 10.5. The van der Waals surface area contributed by atoms with Gasteiger partial charge in [-0.1, -0.05) is 30.3 Å². The third-order valence-electron chi connectivity index (χ3n) is 6.45. The van der Waals surface area contributed by atoms with Crippen molar-refractivity contribution in [1.29, 1.82) is 0 Å². The third-order valence-corrected chi connectivity index (χ3v) is 7.60. The van der Waals surface area contributed by atoms with Crippen LogP contribution in [0.15, 0.2) is 72.9 Å². The van der Waals surface area contributed by atoms with Crippen LogP contribution in [0.3, 0.4) is 0 Å². The van der Waals surface area contributed by atoms with Crippen LogP contribution in [0.1, 0.15) is 30.7 Å². The summed E-state index contributed by atoms with van der Waals surface area (Å²) < 4.78 is 1.20. The highest BCUT2D eigenvalue weighted by Gasteiger charge is 2.19. The molecule has 4 N–H and O–H groups in total. The third kappa shape index (κ3) is 5.04. The summed E-state index contributed by atoms with van der Waals surface area (Å²) in [5, 5.41) is 21.8. The molecular formula is C29H28N6OS. The lowest BCUT2D eigenvalue weighted by atomic mass is 10.0. The second-order valence-electron chi connectivity index (χ2n) is 9.73. The molecule has 0 atom stereocenters. The highest BCUT2D eigenvalue weighted by atomic mass is 32.1. The van der Waals surface area contributed by atoms with E-state index in [1.807, 2.05) is 36.5 Å². The van der Waals surface area contributed by atoms with Gasteiger partial charge in [-0.05, 0) is 79.7 Å². The van der Waals surface area contributed by atoms with Crippen LogP contribution in [0.25, 0.3) is 20.5 Å². The molecule has 0 aliphatic carbocycles. The molecule has 0 amide bonds. The predicted octanol–water partition coefficient (Wildman–Crippen LogP) is 6.11. The number of hydrogen-bond donors (Lipinski definition) is 4. The van der Waals surface area contributed by atoms with E-state index in [1.165, 1.54) is 21.2 Å². The highest BCUT2D eigenvalue weighted by molar-refractivity contribution is 7.22. The smallest absolute Gasteiger partial charge is 0.229 e. The van der Waals surface area contributed by atoms with Gasteiger partial charge < -0.3 is 21.1 Å². The van der Waals surface area contributed by atoms with Crippen LogP contribution in [0, 0.1) is 0 Å². The van der Waals surface area contributed by atoms with Crippen LogP contribution < -0.4 is 16.0 Å². The fraction of sp³-hybridized carbons (Fsp3) is 0.207. The Bertz CT molecular complexity index is 1560. The minimum atomic E-state index is -1.05. The van der Waals surface area contributed by atoms with Gasteiger partial charge in [0.2, 0.25) is 5.95 Å². The van der Waals surface area contributed by atoms with Gasteiger partial charge >= 0.3 is 0 Å². The van der Waals surface area contributed by atoms with Gasteiger partial charge in [0, 0.05) is 28.0 Å². The van der Waals surface area contributed by atoms with Crippen LogP contribution >= 0.6 is 11.3 Å². The van der Waals surface area contributed by atoms with Crippen molar-refractivity contribution in [2.45, 2.75) is 32.4 Å². The predicted molar refractivity (Wildman–Crippen MR) is 151 cm³/mol. The molecule has 0 saturated heterocycles. The van der Waals surface area contributed by atoms with Gasteiger partial charge in [-0.15, -0.1) is 11.3 Å². The molecule has 7 nitrogen and oxygen atoms in total. The first kappa shape index (κ1) is 23.5. The van der Waals surface area contributed by atoms with E-state index < -0.39 is 5.60 Å². The molecule has 5 aromatic rings. The second-order valence-corrected chi connectivity index (χ2v) is 10.8. The van der Waals surface area contributed by atoms with Crippen molar-refractivity contribution in [3.05, 3.63) is 89.7 Å². The summed E-state index contributed by atoms with van der Waals surface area (Å²) in [6.45, 7) is 5.33. The molecule has 0 saturated carbocycles. The Labute approximate surface area is 219 Å².